The van der Waals surface area contributed by atoms with Crippen molar-refractivity contribution in [2.45, 2.75) is 19.5 Å². The van der Waals surface area contributed by atoms with Crippen LogP contribution in [0.25, 0.3) is 0 Å². The summed E-state index contributed by atoms with van der Waals surface area (Å²) in [5, 5.41) is 12.3. The van der Waals surface area contributed by atoms with Gasteiger partial charge in [-0.05, 0) is 32.2 Å². The Morgan fingerprint density at radius 2 is 2.28 bits per heavy atom. The van der Waals surface area contributed by atoms with Gasteiger partial charge < -0.3 is 9.88 Å². The summed E-state index contributed by atoms with van der Waals surface area (Å²) in [5.41, 5.74) is 2.64. The van der Waals surface area contributed by atoms with E-state index in [1.54, 1.807) is 6.20 Å². The second kappa shape index (κ2) is 5.48. The minimum Gasteiger partial charge on any atom is -0.345 e. The number of nitrogens with zero attached hydrogens (tertiary/aromatic N) is 3. The molecule has 18 heavy (non-hydrogen) atoms. The van der Waals surface area contributed by atoms with Crippen LogP contribution in [-0.4, -0.2) is 16.6 Å². The van der Waals surface area contributed by atoms with Gasteiger partial charge in [0.25, 0.3) is 0 Å². The predicted molar refractivity (Wildman–Crippen MR) is 70.0 cm³/mol. The Hall–Kier alpha value is -2.12. The van der Waals surface area contributed by atoms with Gasteiger partial charge in [0.05, 0.1) is 6.54 Å². The van der Waals surface area contributed by atoms with E-state index in [1.165, 1.54) is 5.69 Å². The third-order valence-corrected chi connectivity index (χ3v) is 3.08. The molecule has 0 saturated heterocycles. The SMILES string of the molecule is CNC(C)c1cccn1Cc1cccnc1C#N. The van der Waals surface area contributed by atoms with Crippen LogP contribution in [0.1, 0.15) is 29.9 Å². The number of nitriles is 1. The summed E-state index contributed by atoms with van der Waals surface area (Å²) >= 11 is 0. The largest absolute Gasteiger partial charge is 0.345 e. The van der Waals surface area contributed by atoms with Gasteiger partial charge in [0.2, 0.25) is 0 Å². The first-order chi connectivity index (χ1) is 8.76. The van der Waals surface area contributed by atoms with Crippen LogP contribution in [0, 0.1) is 11.3 Å². The van der Waals surface area contributed by atoms with Gasteiger partial charge in [0.1, 0.15) is 11.8 Å². The van der Waals surface area contributed by atoms with Crippen LogP contribution in [0.4, 0.5) is 0 Å². The second-order valence-corrected chi connectivity index (χ2v) is 4.19. The summed E-state index contributed by atoms with van der Waals surface area (Å²) in [4.78, 5) is 4.08. The molecule has 4 nitrogen and oxygen atoms in total. The third kappa shape index (κ3) is 2.41. The van der Waals surface area contributed by atoms with E-state index >= 15 is 0 Å². The van der Waals surface area contributed by atoms with E-state index in [0.29, 0.717) is 12.2 Å². The number of pyridine rings is 1. The predicted octanol–water partition coefficient (Wildman–Crippen LogP) is 2.08. The monoisotopic (exact) mass is 240 g/mol. The lowest BCUT2D eigenvalue weighted by molar-refractivity contribution is 0.589. The van der Waals surface area contributed by atoms with Gasteiger partial charge in [-0.1, -0.05) is 6.07 Å². The molecule has 1 unspecified atom stereocenters. The summed E-state index contributed by atoms with van der Waals surface area (Å²) in [6, 6.07) is 10.3. The zero-order valence-corrected chi connectivity index (χ0v) is 10.6. The van der Waals surface area contributed by atoms with E-state index in [0.717, 1.165) is 5.56 Å². The number of hydrogen-bond acceptors (Lipinski definition) is 3. The molecule has 0 aliphatic carbocycles. The van der Waals surface area contributed by atoms with Crippen molar-refractivity contribution in [2.75, 3.05) is 7.05 Å². The first kappa shape index (κ1) is 12.3. The Bertz CT molecular complexity index is 565. The Balaban J connectivity index is 2.30. The number of hydrogen-bond donors (Lipinski definition) is 1. The molecule has 0 aliphatic rings. The molecule has 2 rings (SSSR count). The van der Waals surface area contributed by atoms with Crippen LogP contribution in [0.2, 0.25) is 0 Å². The second-order valence-electron chi connectivity index (χ2n) is 4.19. The highest BCUT2D eigenvalue weighted by Crippen LogP contribution is 2.15. The molecule has 2 heterocycles. The van der Waals surface area contributed by atoms with E-state index in [2.05, 4.69) is 33.9 Å². The van der Waals surface area contributed by atoms with E-state index in [1.807, 2.05) is 31.4 Å². The van der Waals surface area contributed by atoms with E-state index < -0.39 is 0 Å². The molecular formula is C14H16N4. The molecule has 2 aromatic heterocycles. The first-order valence-corrected chi connectivity index (χ1v) is 5.92. The van der Waals surface area contributed by atoms with Gasteiger partial charge in [-0.25, -0.2) is 4.98 Å². The Labute approximate surface area is 107 Å². The molecule has 0 fully saturated rings. The maximum atomic E-state index is 9.04. The lowest BCUT2D eigenvalue weighted by atomic mass is 10.2. The molecule has 0 aromatic carbocycles. The van der Waals surface area contributed by atoms with Crippen molar-refractivity contribution in [3.8, 4) is 6.07 Å². The van der Waals surface area contributed by atoms with Crippen molar-refractivity contribution in [2.24, 2.45) is 0 Å². The van der Waals surface area contributed by atoms with Crippen molar-refractivity contribution in [3.63, 3.8) is 0 Å². The molecule has 1 N–H and O–H groups in total. The minimum atomic E-state index is 0.280. The highest BCUT2D eigenvalue weighted by Gasteiger charge is 2.10. The molecule has 1 atom stereocenters. The maximum Gasteiger partial charge on any atom is 0.145 e. The normalized spacial score (nSPS) is 12.1. The number of nitrogens with one attached hydrogen (secondary N) is 1. The maximum absolute atomic E-state index is 9.04. The lowest BCUT2D eigenvalue weighted by Gasteiger charge is -2.15. The fourth-order valence-corrected chi connectivity index (χ4v) is 1.96. The highest BCUT2D eigenvalue weighted by atomic mass is 15.0. The molecule has 0 radical (unpaired) electrons. The molecule has 0 amide bonds. The van der Waals surface area contributed by atoms with Gasteiger partial charge in [-0.2, -0.15) is 5.26 Å². The minimum absolute atomic E-state index is 0.280. The van der Waals surface area contributed by atoms with Gasteiger partial charge >= 0.3 is 0 Å². The number of rotatable bonds is 4. The smallest absolute Gasteiger partial charge is 0.145 e. The Kier molecular flexibility index (Phi) is 3.75. The molecule has 0 spiro atoms. The molecule has 0 saturated carbocycles. The summed E-state index contributed by atoms with van der Waals surface area (Å²) in [6.07, 6.45) is 3.67. The van der Waals surface area contributed by atoms with Crippen LogP contribution in [-0.2, 0) is 6.54 Å². The summed E-state index contributed by atoms with van der Waals surface area (Å²) in [5.74, 6) is 0. The quantitative estimate of drug-likeness (QED) is 0.890. The average molecular weight is 240 g/mol. The molecule has 2 aromatic rings. The summed E-state index contributed by atoms with van der Waals surface area (Å²) in [7, 11) is 1.94. The van der Waals surface area contributed by atoms with Crippen LogP contribution >= 0.6 is 0 Å². The van der Waals surface area contributed by atoms with E-state index in [4.69, 9.17) is 5.26 Å². The van der Waals surface area contributed by atoms with Gasteiger partial charge in [-0.3, -0.25) is 0 Å². The van der Waals surface area contributed by atoms with Crippen molar-refractivity contribution < 1.29 is 0 Å². The topological polar surface area (TPSA) is 53.6 Å². The standard InChI is InChI=1S/C14H16N4/c1-11(16-2)14-6-4-8-18(14)10-12-5-3-7-17-13(12)9-15/h3-8,11,16H,10H2,1-2H3. The molecular weight excluding hydrogens is 224 g/mol. The first-order valence-electron chi connectivity index (χ1n) is 5.92. The average Bonchev–Trinajstić information content (AvgIpc) is 2.86. The molecule has 0 aliphatic heterocycles. The fourth-order valence-electron chi connectivity index (χ4n) is 1.96. The van der Waals surface area contributed by atoms with Crippen LogP contribution < -0.4 is 5.32 Å². The Morgan fingerprint density at radius 1 is 1.44 bits per heavy atom. The van der Waals surface area contributed by atoms with Crippen molar-refractivity contribution in [3.05, 3.63) is 53.6 Å². The van der Waals surface area contributed by atoms with Gasteiger partial charge in [-0.15, -0.1) is 0 Å². The van der Waals surface area contributed by atoms with Crippen LogP contribution in [0.15, 0.2) is 36.7 Å². The summed E-state index contributed by atoms with van der Waals surface area (Å²) in [6.45, 7) is 2.78. The van der Waals surface area contributed by atoms with Crippen LogP contribution in [0.5, 0.6) is 0 Å². The van der Waals surface area contributed by atoms with Gasteiger partial charge in [0, 0.05) is 29.7 Å². The fraction of sp³-hybridized carbons (Fsp3) is 0.286. The van der Waals surface area contributed by atoms with Crippen molar-refractivity contribution in [1.82, 2.24) is 14.9 Å². The van der Waals surface area contributed by atoms with Crippen LogP contribution in [0.3, 0.4) is 0 Å². The molecule has 4 heteroatoms. The van der Waals surface area contributed by atoms with E-state index in [-0.39, 0.29) is 6.04 Å². The zero-order valence-electron chi connectivity index (χ0n) is 10.6. The number of aromatic nitrogens is 2. The van der Waals surface area contributed by atoms with Crippen molar-refractivity contribution in [1.29, 1.82) is 5.26 Å². The molecule has 0 bridgehead atoms. The zero-order chi connectivity index (χ0) is 13.0. The summed E-state index contributed by atoms with van der Waals surface area (Å²) < 4.78 is 2.14. The van der Waals surface area contributed by atoms with Gasteiger partial charge in [0.15, 0.2) is 0 Å². The lowest BCUT2D eigenvalue weighted by Crippen LogP contribution is -2.17. The highest BCUT2D eigenvalue weighted by molar-refractivity contribution is 5.31. The van der Waals surface area contributed by atoms with Crippen molar-refractivity contribution >= 4 is 0 Å². The molecule has 92 valence electrons. The van der Waals surface area contributed by atoms with E-state index in [9.17, 15) is 0 Å². The Morgan fingerprint density at radius 3 is 3.00 bits per heavy atom. The third-order valence-electron chi connectivity index (χ3n) is 3.08.